The number of nitrogens with two attached hydrogens (primary N) is 1. The molecule has 0 aliphatic heterocycles. The van der Waals surface area contributed by atoms with E-state index in [9.17, 15) is 8.42 Å². The standard InChI is InChI=1S/C13H17NO3S2/c1-9-3-5-10(6-4-9)19(15,16)11-7-13(11,8-17-2)12(14)18/h3-6,11H,7-8H2,1-2H3,(H2,14,18)/t11-,13-/m1/s1. The monoisotopic (exact) mass is 299 g/mol. The van der Waals surface area contributed by atoms with Gasteiger partial charge in [-0.15, -0.1) is 0 Å². The van der Waals surface area contributed by atoms with Crippen LogP contribution in [0.1, 0.15) is 12.0 Å². The molecule has 19 heavy (non-hydrogen) atoms. The maximum absolute atomic E-state index is 12.5. The normalized spacial score (nSPS) is 26.1. The summed E-state index contributed by atoms with van der Waals surface area (Å²) in [6, 6.07) is 6.82. The number of aryl methyl sites for hydroxylation is 1. The molecule has 104 valence electrons. The summed E-state index contributed by atoms with van der Waals surface area (Å²) in [4.78, 5) is 0.535. The number of benzene rings is 1. The van der Waals surface area contributed by atoms with E-state index in [0.29, 0.717) is 11.3 Å². The Labute approximate surface area is 118 Å². The zero-order chi connectivity index (χ0) is 14.3. The van der Waals surface area contributed by atoms with E-state index in [1.807, 2.05) is 6.92 Å². The molecule has 2 atom stereocenters. The van der Waals surface area contributed by atoms with E-state index >= 15 is 0 Å². The quantitative estimate of drug-likeness (QED) is 0.834. The van der Waals surface area contributed by atoms with Gasteiger partial charge < -0.3 is 10.5 Å². The highest BCUT2D eigenvalue weighted by Crippen LogP contribution is 2.53. The minimum absolute atomic E-state index is 0.218. The van der Waals surface area contributed by atoms with Crippen molar-refractivity contribution in [3.8, 4) is 0 Å². The summed E-state index contributed by atoms with van der Waals surface area (Å²) in [6.45, 7) is 2.16. The lowest BCUT2D eigenvalue weighted by molar-refractivity contribution is 0.169. The SMILES string of the molecule is COC[C@]1(C(N)=S)C[C@H]1S(=O)(=O)c1ccc(C)cc1. The maximum atomic E-state index is 12.5. The first-order valence-electron chi connectivity index (χ1n) is 5.94. The highest BCUT2D eigenvalue weighted by Gasteiger charge is 2.63. The van der Waals surface area contributed by atoms with E-state index in [1.165, 1.54) is 7.11 Å². The molecule has 0 aromatic heterocycles. The van der Waals surface area contributed by atoms with Crippen LogP contribution in [-0.4, -0.2) is 32.4 Å². The molecule has 0 amide bonds. The molecule has 0 saturated heterocycles. The fourth-order valence-corrected chi connectivity index (χ4v) is 4.82. The summed E-state index contributed by atoms with van der Waals surface area (Å²) >= 11 is 5.01. The average molecular weight is 299 g/mol. The van der Waals surface area contributed by atoms with E-state index in [-0.39, 0.29) is 11.6 Å². The van der Waals surface area contributed by atoms with E-state index in [4.69, 9.17) is 22.7 Å². The number of hydrogen-bond acceptors (Lipinski definition) is 4. The molecule has 0 spiro atoms. The molecular weight excluding hydrogens is 282 g/mol. The fraction of sp³-hybridized carbons (Fsp3) is 0.462. The van der Waals surface area contributed by atoms with Crippen LogP contribution in [0.25, 0.3) is 0 Å². The Balaban J connectivity index is 2.33. The molecule has 2 rings (SSSR count). The molecule has 4 nitrogen and oxygen atoms in total. The zero-order valence-electron chi connectivity index (χ0n) is 10.9. The largest absolute Gasteiger partial charge is 0.393 e. The highest BCUT2D eigenvalue weighted by molar-refractivity contribution is 7.92. The number of rotatable bonds is 5. The molecule has 1 aromatic carbocycles. The Morgan fingerprint density at radius 3 is 2.53 bits per heavy atom. The van der Waals surface area contributed by atoms with Gasteiger partial charge in [0.15, 0.2) is 9.84 Å². The van der Waals surface area contributed by atoms with Gasteiger partial charge in [-0.2, -0.15) is 0 Å². The zero-order valence-corrected chi connectivity index (χ0v) is 12.6. The summed E-state index contributed by atoms with van der Waals surface area (Å²) in [5, 5.41) is -0.569. The predicted molar refractivity (Wildman–Crippen MR) is 77.9 cm³/mol. The number of methoxy groups -OCH3 is 1. The van der Waals surface area contributed by atoms with Crippen molar-refractivity contribution in [2.45, 2.75) is 23.5 Å². The Bertz CT molecular complexity index is 595. The van der Waals surface area contributed by atoms with Crippen molar-refractivity contribution in [3.63, 3.8) is 0 Å². The molecule has 0 heterocycles. The second-order valence-corrected chi connectivity index (χ2v) is 7.57. The molecule has 1 aliphatic rings. The summed E-state index contributed by atoms with van der Waals surface area (Å²) in [5.41, 5.74) is 6.02. The third-order valence-corrected chi connectivity index (χ3v) is 6.33. The molecule has 0 radical (unpaired) electrons. The number of ether oxygens (including phenoxy) is 1. The van der Waals surface area contributed by atoms with Gasteiger partial charge >= 0.3 is 0 Å². The van der Waals surface area contributed by atoms with Crippen LogP contribution >= 0.6 is 12.2 Å². The topological polar surface area (TPSA) is 69.4 Å². The molecule has 0 bridgehead atoms. The van der Waals surface area contributed by atoms with E-state index in [0.717, 1.165) is 5.56 Å². The summed E-state index contributed by atoms with van der Waals surface area (Å²) in [7, 11) is -1.88. The minimum atomic E-state index is -3.40. The van der Waals surface area contributed by atoms with Gasteiger partial charge in [0.2, 0.25) is 0 Å². The first kappa shape index (κ1) is 14.4. The maximum Gasteiger partial charge on any atom is 0.182 e. The first-order valence-corrected chi connectivity index (χ1v) is 7.89. The van der Waals surface area contributed by atoms with Crippen LogP contribution in [0, 0.1) is 12.3 Å². The van der Waals surface area contributed by atoms with Gasteiger partial charge in [0, 0.05) is 7.11 Å². The average Bonchev–Trinajstić information content (AvgIpc) is 3.07. The molecule has 1 aromatic rings. The molecule has 0 unspecified atom stereocenters. The Hall–Kier alpha value is -0.980. The van der Waals surface area contributed by atoms with Gasteiger partial charge in [-0.1, -0.05) is 29.9 Å². The summed E-state index contributed by atoms with van der Waals surface area (Å²) < 4.78 is 30.1. The predicted octanol–water partition coefficient (Wildman–Crippen LogP) is 1.46. The van der Waals surface area contributed by atoms with Crippen molar-refractivity contribution in [1.29, 1.82) is 0 Å². The Morgan fingerprint density at radius 1 is 1.47 bits per heavy atom. The smallest absolute Gasteiger partial charge is 0.182 e. The van der Waals surface area contributed by atoms with Crippen LogP contribution in [0.2, 0.25) is 0 Å². The number of thiocarbonyl (C=S) groups is 1. The van der Waals surface area contributed by atoms with Crippen LogP contribution in [-0.2, 0) is 14.6 Å². The number of hydrogen-bond donors (Lipinski definition) is 1. The Kier molecular flexibility index (Phi) is 3.68. The lowest BCUT2D eigenvalue weighted by Crippen LogP contribution is -2.32. The van der Waals surface area contributed by atoms with Crippen molar-refractivity contribution in [2.75, 3.05) is 13.7 Å². The van der Waals surface area contributed by atoms with E-state index in [2.05, 4.69) is 0 Å². The molecular formula is C13H17NO3S2. The molecule has 6 heteroatoms. The van der Waals surface area contributed by atoms with Crippen LogP contribution < -0.4 is 5.73 Å². The van der Waals surface area contributed by atoms with Gasteiger partial charge in [-0.25, -0.2) is 8.42 Å². The van der Waals surface area contributed by atoms with Crippen molar-refractivity contribution in [2.24, 2.45) is 11.1 Å². The third kappa shape index (κ3) is 2.40. The van der Waals surface area contributed by atoms with E-state index in [1.54, 1.807) is 24.3 Å². The van der Waals surface area contributed by atoms with Crippen LogP contribution in [0.5, 0.6) is 0 Å². The first-order chi connectivity index (χ1) is 8.84. The molecule has 1 fully saturated rings. The second-order valence-electron chi connectivity index (χ2n) is 5.00. The second kappa shape index (κ2) is 4.85. The molecule has 1 aliphatic carbocycles. The van der Waals surface area contributed by atoms with Gasteiger partial charge in [0.05, 0.1) is 27.2 Å². The Morgan fingerprint density at radius 2 is 2.05 bits per heavy atom. The van der Waals surface area contributed by atoms with Crippen LogP contribution in [0.4, 0.5) is 0 Å². The summed E-state index contributed by atoms with van der Waals surface area (Å²) in [6.07, 6.45) is 0.437. The summed E-state index contributed by atoms with van der Waals surface area (Å²) in [5.74, 6) is 0. The van der Waals surface area contributed by atoms with Crippen molar-refractivity contribution >= 4 is 27.0 Å². The van der Waals surface area contributed by atoms with Crippen molar-refractivity contribution in [3.05, 3.63) is 29.8 Å². The van der Waals surface area contributed by atoms with Crippen LogP contribution in [0.15, 0.2) is 29.2 Å². The van der Waals surface area contributed by atoms with Gasteiger partial charge in [0.25, 0.3) is 0 Å². The highest BCUT2D eigenvalue weighted by atomic mass is 32.2. The molecule has 2 N–H and O–H groups in total. The van der Waals surface area contributed by atoms with E-state index < -0.39 is 20.5 Å². The third-order valence-electron chi connectivity index (χ3n) is 3.62. The van der Waals surface area contributed by atoms with Crippen molar-refractivity contribution in [1.82, 2.24) is 0 Å². The molecule has 1 saturated carbocycles. The van der Waals surface area contributed by atoms with Crippen LogP contribution in [0.3, 0.4) is 0 Å². The lowest BCUT2D eigenvalue weighted by atomic mass is 10.1. The van der Waals surface area contributed by atoms with Gasteiger partial charge in [0.1, 0.15) is 0 Å². The number of sulfone groups is 1. The lowest BCUT2D eigenvalue weighted by Gasteiger charge is -2.15. The fourth-order valence-electron chi connectivity index (χ4n) is 2.31. The van der Waals surface area contributed by atoms with Gasteiger partial charge in [-0.3, -0.25) is 0 Å². The minimum Gasteiger partial charge on any atom is -0.393 e. The van der Waals surface area contributed by atoms with Crippen molar-refractivity contribution < 1.29 is 13.2 Å². The van der Waals surface area contributed by atoms with Gasteiger partial charge in [-0.05, 0) is 25.5 Å².